The Morgan fingerprint density at radius 2 is 2.05 bits per heavy atom. The lowest BCUT2D eigenvalue weighted by molar-refractivity contribution is 0.167. The summed E-state index contributed by atoms with van der Waals surface area (Å²) in [6.45, 7) is 5.15. The molecule has 0 aromatic heterocycles. The molecule has 0 fully saturated rings. The lowest BCUT2D eigenvalue weighted by Gasteiger charge is -2.28. The highest BCUT2D eigenvalue weighted by molar-refractivity contribution is 7.99. The van der Waals surface area contributed by atoms with Crippen molar-refractivity contribution in [2.24, 2.45) is 0 Å². The Labute approximate surface area is 129 Å². The molecule has 0 heterocycles. The van der Waals surface area contributed by atoms with E-state index in [1.165, 1.54) is 0 Å². The van der Waals surface area contributed by atoms with Gasteiger partial charge in [-0.15, -0.1) is 11.8 Å². The smallest absolute Gasteiger partial charge is 0.0610 e. The van der Waals surface area contributed by atoms with Gasteiger partial charge in [0.25, 0.3) is 0 Å². The number of aliphatic hydroxyl groups excluding tert-OH is 1. The number of benzene rings is 1. The average Bonchev–Trinajstić information content (AvgIpc) is 2.39. The highest BCUT2D eigenvalue weighted by atomic mass is 35.5. The molecule has 0 aliphatic rings. The van der Waals surface area contributed by atoms with E-state index in [9.17, 15) is 5.11 Å². The Balaban J connectivity index is 2.36. The first-order valence-electron chi connectivity index (χ1n) is 6.44. The van der Waals surface area contributed by atoms with Crippen LogP contribution in [0.3, 0.4) is 0 Å². The molecule has 108 valence electrons. The van der Waals surface area contributed by atoms with E-state index in [1.54, 1.807) is 11.8 Å². The minimum absolute atomic E-state index is 0.165. The van der Waals surface area contributed by atoms with Crippen LogP contribution >= 0.6 is 35.0 Å². The highest BCUT2D eigenvalue weighted by Crippen LogP contribution is 2.28. The number of rotatable bonds is 8. The Hall–Kier alpha value is 0.0700. The normalized spacial score (nSPS) is 14.4. The first-order valence-corrected chi connectivity index (χ1v) is 8.18. The van der Waals surface area contributed by atoms with Gasteiger partial charge in [0.1, 0.15) is 0 Å². The Kier molecular flexibility index (Phi) is 7.55. The van der Waals surface area contributed by atoms with E-state index >= 15 is 0 Å². The second-order valence-corrected chi connectivity index (χ2v) is 6.76. The largest absolute Gasteiger partial charge is 0.394 e. The molecule has 1 aromatic carbocycles. The van der Waals surface area contributed by atoms with E-state index in [0.717, 1.165) is 30.0 Å². The third-order valence-corrected chi connectivity index (χ3v) is 4.80. The molecule has 5 heteroatoms. The molecule has 0 bridgehead atoms. The van der Waals surface area contributed by atoms with Crippen molar-refractivity contribution < 1.29 is 5.11 Å². The third-order valence-electron chi connectivity index (χ3n) is 2.99. The summed E-state index contributed by atoms with van der Waals surface area (Å²) in [5, 5.41) is 13.9. The summed E-state index contributed by atoms with van der Waals surface area (Å²) in [4.78, 5) is 1.13. The SMILES string of the molecule is CCNC(C)(CO)CCCSc1ccc(Cl)c(Cl)c1. The summed E-state index contributed by atoms with van der Waals surface area (Å²) in [5.41, 5.74) is -0.174. The number of halogens is 2. The van der Waals surface area contributed by atoms with Gasteiger partial charge in [-0.2, -0.15) is 0 Å². The van der Waals surface area contributed by atoms with Crippen molar-refractivity contribution >= 4 is 35.0 Å². The fraction of sp³-hybridized carbons (Fsp3) is 0.571. The van der Waals surface area contributed by atoms with Gasteiger partial charge in [-0.1, -0.05) is 30.1 Å². The van der Waals surface area contributed by atoms with Crippen LogP contribution in [0.15, 0.2) is 23.1 Å². The number of hydrogen-bond donors (Lipinski definition) is 2. The van der Waals surface area contributed by atoms with Crippen LogP contribution in [0.2, 0.25) is 10.0 Å². The van der Waals surface area contributed by atoms with Gasteiger partial charge in [0.15, 0.2) is 0 Å². The number of aliphatic hydroxyl groups is 1. The predicted octanol–water partition coefficient (Wildman–Crippen LogP) is 4.23. The minimum Gasteiger partial charge on any atom is -0.394 e. The number of thioether (sulfide) groups is 1. The first kappa shape index (κ1) is 17.1. The summed E-state index contributed by atoms with van der Waals surface area (Å²) in [6.07, 6.45) is 1.99. The topological polar surface area (TPSA) is 32.3 Å². The molecule has 0 radical (unpaired) electrons. The van der Waals surface area contributed by atoms with Crippen molar-refractivity contribution in [3.63, 3.8) is 0 Å². The monoisotopic (exact) mass is 321 g/mol. The van der Waals surface area contributed by atoms with Crippen molar-refractivity contribution in [1.82, 2.24) is 5.32 Å². The van der Waals surface area contributed by atoms with Crippen LogP contribution in [-0.2, 0) is 0 Å². The molecule has 1 rings (SSSR count). The van der Waals surface area contributed by atoms with E-state index in [-0.39, 0.29) is 12.1 Å². The molecule has 0 aliphatic heterocycles. The van der Waals surface area contributed by atoms with Crippen LogP contribution in [0, 0.1) is 0 Å². The summed E-state index contributed by atoms with van der Waals surface area (Å²) >= 11 is 13.6. The maximum Gasteiger partial charge on any atom is 0.0610 e. The van der Waals surface area contributed by atoms with E-state index < -0.39 is 0 Å². The average molecular weight is 322 g/mol. The number of hydrogen-bond acceptors (Lipinski definition) is 3. The van der Waals surface area contributed by atoms with Crippen LogP contribution < -0.4 is 5.32 Å². The number of likely N-dealkylation sites (N-methyl/N-ethyl adjacent to an activating group) is 1. The van der Waals surface area contributed by atoms with Gasteiger partial charge < -0.3 is 10.4 Å². The van der Waals surface area contributed by atoms with E-state index in [2.05, 4.69) is 19.2 Å². The van der Waals surface area contributed by atoms with E-state index in [1.807, 2.05) is 18.2 Å². The minimum atomic E-state index is -0.174. The zero-order valence-electron chi connectivity index (χ0n) is 11.4. The van der Waals surface area contributed by atoms with Crippen molar-refractivity contribution in [3.8, 4) is 0 Å². The number of nitrogens with one attached hydrogen (secondary N) is 1. The van der Waals surface area contributed by atoms with E-state index in [4.69, 9.17) is 23.2 Å². The van der Waals surface area contributed by atoms with Crippen LogP contribution in [0.5, 0.6) is 0 Å². The quantitative estimate of drug-likeness (QED) is 0.555. The molecule has 1 atom stereocenters. The standard InChI is InChI=1S/C14H21Cl2NOS/c1-3-17-14(2,10-18)7-4-8-19-11-5-6-12(15)13(16)9-11/h5-6,9,17-18H,3-4,7-8,10H2,1-2H3. The van der Waals surface area contributed by atoms with Crippen LogP contribution in [-0.4, -0.2) is 29.5 Å². The van der Waals surface area contributed by atoms with E-state index in [0.29, 0.717) is 10.0 Å². The Morgan fingerprint density at radius 3 is 2.63 bits per heavy atom. The second kappa shape index (κ2) is 8.38. The first-order chi connectivity index (χ1) is 9.00. The maximum atomic E-state index is 9.40. The van der Waals surface area contributed by atoms with Crippen molar-refractivity contribution in [2.75, 3.05) is 18.9 Å². The molecule has 2 nitrogen and oxygen atoms in total. The lowest BCUT2D eigenvalue weighted by Crippen LogP contribution is -2.45. The predicted molar refractivity (Wildman–Crippen MR) is 85.6 cm³/mol. The van der Waals surface area contributed by atoms with Gasteiger partial charge in [-0.3, -0.25) is 0 Å². The fourth-order valence-electron chi connectivity index (χ4n) is 1.87. The van der Waals surface area contributed by atoms with Crippen LogP contribution in [0.25, 0.3) is 0 Å². The highest BCUT2D eigenvalue weighted by Gasteiger charge is 2.20. The van der Waals surface area contributed by atoms with Crippen molar-refractivity contribution in [3.05, 3.63) is 28.2 Å². The fourth-order valence-corrected chi connectivity index (χ4v) is 3.12. The van der Waals surface area contributed by atoms with Gasteiger partial charge in [-0.05, 0) is 50.3 Å². The lowest BCUT2D eigenvalue weighted by atomic mass is 9.97. The second-order valence-electron chi connectivity index (χ2n) is 4.78. The van der Waals surface area contributed by atoms with Gasteiger partial charge in [0.05, 0.1) is 16.7 Å². The maximum absolute atomic E-state index is 9.40. The zero-order valence-corrected chi connectivity index (χ0v) is 13.7. The van der Waals surface area contributed by atoms with Crippen molar-refractivity contribution in [1.29, 1.82) is 0 Å². The summed E-state index contributed by atoms with van der Waals surface area (Å²) in [7, 11) is 0. The van der Waals surface area contributed by atoms with Crippen molar-refractivity contribution in [2.45, 2.75) is 37.1 Å². The van der Waals surface area contributed by atoms with Gasteiger partial charge in [-0.25, -0.2) is 0 Å². The molecule has 0 saturated carbocycles. The van der Waals surface area contributed by atoms with Crippen LogP contribution in [0.4, 0.5) is 0 Å². The summed E-state index contributed by atoms with van der Waals surface area (Å²) in [5.74, 6) is 0.999. The molecule has 0 aliphatic carbocycles. The molecule has 0 amide bonds. The Morgan fingerprint density at radius 1 is 1.32 bits per heavy atom. The molecular weight excluding hydrogens is 301 g/mol. The molecule has 1 aromatic rings. The van der Waals surface area contributed by atoms with Crippen LogP contribution in [0.1, 0.15) is 26.7 Å². The van der Waals surface area contributed by atoms with Gasteiger partial charge >= 0.3 is 0 Å². The molecule has 0 saturated heterocycles. The third kappa shape index (κ3) is 5.92. The summed E-state index contributed by atoms with van der Waals surface area (Å²) in [6, 6.07) is 5.70. The molecule has 0 spiro atoms. The molecular formula is C14H21Cl2NOS. The van der Waals surface area contributed by atoms with Gasteiger partial charge in [0, 0.05) is 10.4 Å². The molecule has 2 N–H and O–H groups in total. The zero-order chi connectivity index (χ0) is 14.3. The van der Waals surface area contributed by atoms with Gasteiger partial charge in [0.2, 0.25) is 0 Å². The molecule has 19 heavy (non-hydrogen) atoms. The Bertz CT molecular complexity index is 403. The molecule has 1 unspecified atom stereocenters. The summed E-state index contributed by atoms with van der Waals surface area (Å²) < 4.78 is 0.